The van der Waals surface area contributed by atoms with Gasteiger partial charge in [0.2, 0.25) is 0 Å². The van der Waals surface area contributed by atoms with Gasteiger partial charge in [0, 0.05) is 23.1 Å². The lowest BCUT2D eigenvalue weighted by Crippen LogP contribution is -2.76. The fourth-order valence-electron chi connectivity index (χ4n) is 3.83. The molecule has 3 rings (SSSR count). The maximum absolute atomic E-state index is 13.0. The van der Waals surface area contributed by atoms with Gasteiger partial charge in [-0.1, -0.05) is 13.8 Å². The minimum absolute atomic E-state index is 0.202. The van der Waals surface area contributed by atoms with Crippen molar-refractivity contribution in [2.45, 2.75) is 45.8 Å². The number of methoxy groups -OCH3 is 1. The highest BCUT2D eigenvalue weighted by molar-refractivity contribution is 7.21. The quantitative estimate of drug-likeness (QED) is 0.786. The van der Waals surface area contributed by atoms with Gasteiger partial charge in [-0.3, -0.25) is 4.79 Å². The smallest absolute Gasteiger partial charge is 0.330 e. The molecule has 2 unspecified atom stereocenters. The number of carbonyl (C=O) groups is 2. The van der Waals surface area contributed by atoms with Crippen LogP contribution in [0.2, 0.25) is 0 Å². The average molecular weight is 391 g/mol. The number of fused-ring (bicyclic) bond motifs is 1. The Balaban J connectivity index is 1.93. The van der Waals surface area contributed by atoms with Gasteiger partial charge in [0.05, 0.1) is 18.1 Å². The number of ether oxygens (including phenoxy) is 2. The fourth-order valence-corrected chi connectivity index (χ4v) is 4.92. The van der Waals surface area contributed by atoms with E-state index in [-0.39, 0.29) is 18.4 Å². The summed E-state index contributed by atoms with van der Waals surface area (Å²) < 4.78 is 11.9. The molecule has 146 valence electrons. The third-order valence-electron chi connectivity index (χ3n) is 5.81. The van der Waals surface area contributed by atoms with Crippen LogP contribution in [0.4, 0.5) is 0 Å². The molecule has 0 radical (unpaired) electrons. The van der Waals surface area contributed by atoms with Crippen molar-refractivity contribution < 1.29 is 24.2 Å². The fraction of sp³-hybridized carbons (Fsp3) is 0.500. The average Bonchev–Trinajstić information content (AvgIpc) is 2.96. The standard InChI is InChI=1S/C20H25NO5S/c1-6-26-15-10-20(18(23)24,19(15,3)4)21-17(22)16-11(2)13-9-12(25-5)7-8-14(13)27-16/h7-9,15H,6,10H2,1-5H3,(H,21,22)(H,23,24). The monoisotopic (exact) mass is 391 g/mol. The van der Waals surface area contributed by atoms with Crippen LogP contribution in [0.15, 0.2) is 18.2 Å². The Bertz CT molecular complexity index is 903. The Morgan fingerprint density at radius 1 is 1.37 bits per heavy atom. The van der Waals surface area contributed by atoms with Gasteiger partial charge in [0.25, 0.3) is 5.91 Å². The Morgan fingerprint density at radius 3 is 2.63 bits per heavy atom. The number of hydrogen-bond acceptors (Lipinski definition) is 5. The van der Waals surface area contributed by atoms with Crippen molar-refractivity contribution >= 4 is 33.3 Å². The zero-order chi connectivity index (χ0) is 20.0. The van der Waals surface area contributed by atoms with Crippen LogP contribution in [0.5, 0.6) is 5.75 Å². The highest BCUT2D eigenvalue weighted by Crippen LogP contribution is 2.52. The number of carbonyl (C=O) groups excluding carboxylic acids is 1. The molecular formula is C20H25NO5S. The normalized spacial score (nSPS) is 23.7. The van der Waals surface area contributed by atoms with Crippen molar-refractivity contribution in [1.29, 1.82) is 0 Å². The second-order valence-corrected chi connectivity index (χ2v) is 8.50. The Kier molecular flexibility index (Phi) is 4.94. The Morgan fingerprint density at radius 2 is 2.07 bits per heavy atom. The van der Waals surface area contributed by atoms with Crippen LogP contribution >= 0.6 is 11.3 Å². The Labute approximate surface area is 162 Å². The summed E-state index contributed by atoms with van der Waals surface area (Å²) in [4.78, 5) is 25.6. The number of carboxylic acid groups (broad SMARTS) is 1. The van der Waals surface area contributed by atoms with Crippen LogP contribution in [0.3, 0.4) is 0 Å². The van der Waals surface area contributed by atoms with Crippen molar-refractivity contribution in [3.63, 3.8) is 0 Å². The van der Waals surface area contributed by atoms with Crippen LogP contribution in [-0.4, -0.2) is 42.3 Å². The molecule has 0 bridgehead atoms. The van der Waals surface area contributed by atoms with Crippen molar-refractivity contribution in [2.24, 2.45) is 5.41 Å². The highest BCUT2D eigenvalue weighted by atomic mass is 32.1. The highest BCUT2D eigenvalue weighted by Gasteiger charge is 2.66. The predicted molar refractivity (Wildman–Crippen MR) is 105 cm³/mol. The summed E-state index contributed by atoms with van der Waals surface area (Å²) in [5, 5.41) is 13.6. The SMILES string of the molecule is CCOC1CC(NC(=O)c2sc3ccc(OC)cc3c2C)(C(=O)O)C1(C)C. The number of rotatable bonds is 6. The van der Waals surface area contributed by atoms with Crippen LogP contribution in [0, 0.1) is 12.3 Å². The van der Waals surface area contributed by atoms with E-state index in [4.69, 9.17) is 9.47 Å². The summed E-state index contributed by atoms with van der Waals surface area (Å²) in [7, 11) is 1.60. The van der Waals surface area contributed by atoms with E-state index in [0.29, 0.717) is 11.5 Å². The van der Waals surface area contributed by atoms with Crippen LogP contribution in [-0.2, 0) is 9.53 Å². The van der Waals surface area contributed by atoms with Crippen LogP contribution < -0.4 is 10.1 Å². The molecule has 1 saturated carbocycles. The van der Waals surface area contributed by atoms with Crippen molar-refractivity contribution in [1.82, 2.24) is 5.32 Å². The van der Waals surface area contributed by atoms with E-state index in [1.54, 1.807) is 7.11 Å². The van der Waals surface area contributed by atoms with E-state index in [1.807, 2.05) is 45.9 Å². The van der Waals surface area contributed by atoms with E-state index >= 15 is 0 Å². The summed E-state index contributed by atoms with van der Waals surface area (Å²) in [5.74, 6) is -0.674. The first-order valence-electron chi connectivity index (χ1n) is 8.92. The second kappa shape index (κ2) is 6.80. The van der Waals surface area contributed by atoms with E-state index in [1.165, 1.54) is 11.3 Å². The molecule has 2 atom stereocenters. The summed E-state index contributed by atoms with van der Waals surface area (Å²) >= 11 is 1.36. The molecule has 1 fully saturated rings. The van der Waals surface area contributed by atoms with E-state index in [2.05, 4.69) is 5.32 Å². The van der Waals surface area contributed by atoms with E-state index in [9.17, 15) is 14.7 Å². The van der Waals surface area contributed by atoms with E-state index in [0.717, 1.165) is 21.4 Å². The first kappa shape index (κ1) is 19.6. The first-order valence-corrected chi connectivity index (χ1v) is 9.74. The lowest BCUT2D eigenvalue weighted by molar-refractivity contribution is -0.190. The lowest BCUT2D eigenvalue weighted by Gasteiger charge is -2.58. The van der Waals surface area contributed by atoms with Gasteiger partial charge in [-0.15, -0.1) is 11.3 Å². The topological polar surface area (TPSA) is 84.9 Å². The van der Waals surface area contributed by atoms with Gasteiger partial charge in [-0.05, 0) is 43.0 Å². The minimum atomic E-state index is -1.34. The van der Waals surface area contributed by atoms with Crippen LogP contribution in [0.25, 0.3) is 10.1 Å². The third-order valence-corrected chi connectivity index (χ3v) is 7.08. The molecule has 7 heteroatoms. The van der Waals surface area contributed by atoms with Gasteiger partial charge >= 0.3 is 5.97 Å². The number of thiophene rings is 1. The number of hydrogen-bond donors (Lipinski definition) is 2. The number of nitrogens with one attached hydrogen (secondary N) is 1. The molecule has 0 aliphatic heterocycles. The lowest BCUT2D eigenvalue weighted by atomic mass is 9.54. The molecule has 0 saturated heterocycles. The van der Waals surface area contributed by atoms with Crippen molar-refractivity contribution in [2.75, 3.05) is 13.7 Å². The van der Waals surface area contributed by atoms with E-state index < -0.39 is 16.9 Å². The zero-order valence-corrected chi connectivity index (χ0v) is 17.0. The zero-order valence-electron chi connectivity index (χ0n) is 16.2. The van der Waals surface area contributed by atoms with Gasteiger partial charge in [-0.25, -0.2) is 4.79 Å². The molecule has 2 N–H and O–H groups in total. The number of amides is 1. The number of aliphatic carboxylic acids is 1. The number of aryl methyl sites for hydroxylation is 1. The molecule has 6 nitrogen and oxygen atoms in total. The second-order valence-electron chi connectivity index (χ2n) is 7.45. The van der Waals surface area contributed by atoms with Crippen molar-refractivity contribution in [3.05, 3.63) is 28.6 Å². The van der Waals surface area contributed by atoms with Gasteiger partial charge in [0.15, 0.2) is 0 Å². The summed E-state index contributed by atoms with van der Waals surface area (Å²) in [6, 6.07) is 5.65. The molecule has 0 spiro atoms. The maximum atomic E-state index is 13.0. The number of carboxylic acids is 1. The van der Waals surface area contributed by atoms with Crippen molar-refractivity contribution in [3.8, 4) is 5.75 Å². The first-order chi connectivity index (χ1) is 12.7. The third kappa shape index (κ3) is 2.89. The molecule has 1 aromatic heterocycles. The Hall–Kier alpha value is -2.12. The van der Waals surface area contributed by atoms with Crippen LogP contribution in [0.1, 0.15) is 42.4 Å². The van der Waals surface area contributed by atoms with Gasteiger partial charge in [0.1, 0.15) is 11.3 Å². The largest absolute Gasteiger partial charge is 0.497 e. The molecule has 1 heterocycles. The molecule has 1 aromatic carbocycles. The predicted octanol–water partition coefficient (Wildman–Crippen LogP) is 3.61. The molecule has 1 aliphatic rings. The number of benzene rings is 1. The van der Waals surface area contributed by atoms with Gasteiger partial charge < -0.3 is 19.9 Å². The molecule has 1 aliphatic carbocycles. The maximum Gasteiger partial charge on any atom is 0.330 e. The summed E-state index contributed by atoms with van der Waals surface area (Å²) in [6.07, 6.45) is 0.0545. The molecule has 1 amide bonds. The summed E-state index contributed by atoms with van der Waals surface area (Å²) in [6.45, 7) is 7.91. The minimum Gasteiger partial charge on any atom is -0.497 e. The molecule has 2 aromatic rings. The van der Waals surface area contributed by atoms with Gasteiger partial charge in [-0.2, -0.15) is 0 Å². The molecular weight excluding hydrogens is 366 g/mol. The summed E-state index contributed by atoms with van der Waals surface area (Å²) in [5.41, 5.74) is -1.23. The molecule has 27 heavy (non-hydrogen) atoms.